The summed E-state index contributed by atoms with van der Waals surface area (Å²) < 4.78 is 1.92. The first-order chi connectivity index (χ1) is 8.83. The smallest absolute Gasteiger partial charge is 0.196 e. The minimum absolute atomic E-state index is 0.351. The number of hydrogen-bond donors (Lipinski definition) is 0. The molecule has 0 aliphatic heterocycles. The predicted octanol–water partition coefficient (Wildman–Crippen LogP) is 1.99. The van der Waals surface area contributed by atoms with Crippen LogP contribution < -0.4 is 0 Å². The fourth-order valence-corrected chi connectivity index (χ4v) is 2.78. The summed E-state index contributed by atoms with van der Waals surface area (Å²) in [4.78, 5) is 10.9. The zero-order valence-electron chi connectivity index (χ0n) is 10.3. The van der Waals surface area contributed by atoms with Crippen LogP contribution in [0.3, 0.4) is 0 Å². The van der Waals surface area contributed by atoms with Gasteiger partial charge in [0, 0.05) is 12.5 Å². The Morgan fingerprint density at radius 1 is 1.28 bits per heavy atom. The summed E-state index contributed by atoms with van der Waals surface area (Å²) in [6.07, 6.45) is 2.77. The molecule has 0 saturated carbocycles. The van der Waals surface area contributed by atoms with E-state index in [2.05, 4.69) is 34.5 Å². The Bertz CT molecular complexity index is 563. The van der Waals surface area contributed by atoms with Gasteiger partial charge in [-0.3, -0.25) is 4.79 Å². The Balaban J connectivity index is 1.95. The van der Waals surface area contributed by atoms with E-state index in [0.29, 0.717) is 11.7 Å². The zero-order chi connectivity index (χ0) is 12.5. The molecule has 18 heavy (non-hydrogen) atoms. The van der Waals surface area contributed by atoms with E-state index in [0.717, 1.165) is 31.5 Å². The molecule has 2 aromatic rings. The minimum atomic E-state index is 0.351. The highest BCUT2D eigenvalue weighted by molar-refractivity contribution is 5.69. The number of carbonyl (C=O) groups is 1. The average molecular weight is 241 g/mol. The van der Waals surface area contributed by atoms with Gasteiger partial charge in [0.25, 0.3) is 0 Å². The number of fused-ring (bicyclic) bond motifs is 1. The molecule has 1 heterocycles. The third-order valence-electron chi connectivity index (χ3n) is 3.65. The summed E-state index contributed by atoms with van der Waals surface area (Å²) in [5.41, 5.74) is 2.78. The highest BCUT2D eigenvalue weighted by atomic mass is 16.1. The zero-order valence-corrected chi connectivity index (χ0v) is 10.3. The maximum atomic E-state index is 10.9. The third kappa shape index (κ3) is 1.65. The van der Waals surface area contributed by atoms with Gasteiger partial charge in [-0.25, -0.2) is 0 Å². The van der Waals surface area contributed by atoms with Crippen molar-refractivity contribution < 1.29 is 4.79 Å². The van der Waals surface area contributed by atoms with Gasteiger partial charge in [-0.1, -0.05) is 24.3 Å². The Morgan fingerprint density at radius 2 is 1.94 bits per heavy atom. The van der Waals surface area contributed by atoms with Crippen LogP contribution in [0.4, 0.5) is 0 Å². The van der Waals surface area contributed by atoms with Crippen LogP contribution >= 0.6 is 0 Å². The molecule has 4 heteroatoms. The summed E-state index contributed by atoms with van der Waals surface area (Å²) >= 11 is 0. The van der Waals surface area contributed by atoms with Gasteiger partial charge in [0.05, 0.1) is 0 Å². The molecule has 0 amide bonds. The molecule has 0 spiro atoms. The van der Waals surface area contributed by atoms with E-state index < -0.39 is 0 Å². The van der Waals surface area contributed by atoms with E-state index in [1.165, 1.54) is 11.1 Å². The van der Waals surface area contributed by atoms with Crippen molar-refractivity contribution in [2.45, 2.75) is 32.2 Å². The van der Waals surface area contributed by atoms with E-state index in [-0.39, 0.29) is 0 Å². The molecule has 4 nitrogen and oxygen atoms in total. The van der Waals surface area contributed by atoms with Crippen molar-refractivity contribution in [2.75, 3.05) is 0 Å². The third-order valence-corrected chi connectivity index (χ3v) is 3.65. The van der Waals surface area contributed by atoms with Gasteiger partial charge >= 0.3 is 0 Å². The second-order valence-electron chi connectivity index (χ2n) is 4.65. The van der Waals surface area contributed by atoms with Crippen molar-refractivity contribution >= 4 is 6.29 Å². The van der Waals surface area contributed by atoms with Crippen LogP contribution in [0, 0.1) is 0 Å². The van der Waals surface area contributed by atoms with Crippen LogP contribution in [0.5, 0.6) is 0 Å². The first-order valence-electron chi connectivity index (χ1n) is 6.28. The van der Waals surface area contributed by atoms with Crippen LogP contribution in [0.2, 0.25) is 0 Å². The number of rotatable bonds is 3. The quantitative estimate of drug-likeness (QED) is 0.772. The molecule has 0 N–H and O–H groups in total. The molecule has 0 atom stereocenters. The molecule has 1 aliphatic rings. The number of carbonyl (C=O) groups excluding carboxylic acids is 1. The molecule has 1 aliphatic carbocycles. The van der Waals surface area contributed by atoms with Crippen molar-refractivity contribution in [1.82, 2.24) is 14.8 Å². The molecule has 3 rings (SSSR count). The summed E-state index contributed by atoms with van der Waals surface area (Å²) in [6.45, 7) is 2.76. The number of aromatic nitrogens is 3. The second-order valence-corrected chi connectivity index (χ2v) is 4.65. The number of hydrogen-bond acceptors (Lipinski definition) is 3. The molecular weight excluding hydrogens is 226 g/mol. The van der Waals surface area contributed by atoms with Gasteiger partial charge in [0.15, 0.2) is 12.1 Å². The summed E-state index contributed by atoms with van der Waals surface area (Å²) in [5, 5.41) is 8.16. The van der Waals surface area contributed by atoms with Crippen LogP contribution in [-0.2, 0) is 19.4 Å². The Kier molecular flexibility index (Phi) is 2.70. The van der Waals surface area contributed by atoms with Gasteiger partial charge in [-0.2, -0.15) is 0 Å². The Labute approximate surface area is 106 Å². The molecular formula is C14H15N3O. The molecule has 0 radical (unpaired) electrons. The molecule has 92 valence electrons. The highest BCUT2D eigenvalue weighted by Crippen LogP contribution is 2.32. The lowest BCUT2D eigenvalue weighted by Crippen LogP contribution is -2.10. The molecule has 0 saturated heterocycles. The van der Waals surface area contributed by atoms with Crippen molar-refractivity contribution in [1.29, 1.82) is 0 Å². The molecule has 1 aromatic carbocycles. The standard InChI is InChI=1S/C14H15N3O/c1-2-17-13(9-18)15-16-14(17)12-7-10-5-3-4-6-11(10)8-12/h3-6,9,12H,2,7-8H2,1H3. The highest BCUT2D eigenvalue weighted by Gasteiger charge is 2.27. The largest absolute Gasteiger partial charge is 0.309 e. The Morgan fingerprint density at radius 3 is 2.50 bits per heavy atom. The first kappa shape index (κ1) is 11.1. The van der Waals surface area contributed by atoms with Crippen molar-refractivity contribution in [3.8, 4) is 0 Å². The lowest BCUT2D eigenvalue weighted by molar-refractivity contribution is 0.111. The number of nitrogens with zero attached hydrogens (tertiary/aromatic N) is 3. The average Bonchev–Trinajstić information content (AvgIpc) is 3.00. The normalized spacial score (nSPS) is 14.7. The molecule has 0 fully saturated rings. The Hall–Kier alpha value is -1.97. The SMILES string of the molecule is CCn1c(C=O)nnc1C1Cc2ccccc2C1. The van der Waals surface area contributed by atoms with Crippen LogP contribution in [0.15, 0.2) is 24.3 Å². The minimum Gasteiger partial charge on any atom is -0.309 e. The van der Waals surface area contributed by atoms with E-state index in [4.69, 9.17) is 0 Å². The van der Waals surface area contributed by atoms with Crippen LogP contribution in [0.25, 0.3) is 0 Å². The number of aldehydes is 1. The van der Waals surface area contributed by atoms with Gasteiger partial charge in [0.1, 0.15) is 5.82 Å². The van der Waals surface area contributed by atoms with Gasteiger partial charge < -0.3 is 4.57 Å². The van der Waals surface area contributed by atoms with E-state index in [1.54, 1.807) is 0 Å². The second kappa shape index (κ2) is 4.37. The molecule has 0 bridgehead atoms. The van der Waals surface area contributed by atoms with E-state index >= 15 is 0 Å². The fourth-order valence-electron chi connectivity index (χ4n) is 2.78. The molecule has 0 unspecified atom stereocenters. The van der Waals surface area contributed by atoms with Crippen LogP contribution in [0.1, 0.15) is 40.4 Å². The first-order valence-corrected chi connectivity index (χ1v) is 6.28. The summed E-state index contributed by atoms with van der Waals surface area (Å²) in [7, 11) is 0. The number of benzene rings is 1. The summed E-state index contributed by atoms with van der Waals surface area (Å²) in [5.74, 6) is 1.72. The van der Waals surface area contributed by atoms with Crippen molar-refractivity contribution in [3.05, 3.63) is 47.0 Å². The topological polar surface area (TPSA) is 47.8 Å². The van der Waals surface area contributed by atoms with Crippen molar-refractivity contribution in [2.24, 2.45) is 0 Å². The predicted molar refractivity (Wildman–Crippen MR) is 67.7 cm³/mol. The van der Waals surface area contributed by atoms with Gasteiger partial charge in [-0.05, 0) is 30.9 Å². The molecule has 1 aromatic heterocycles. The summed E-state index contributed by atoms with van der Waals surface area (Å²) in [6, 6.07) is 8.48. The van der Waals surface area contributed by atoms with Crippen LogP contribution in [-0.4, -0.2) is 21.1 Å². The lowest BCUT2D eigenvalue weighted by Gasteiger charge is -2.10. The van der Waals surface area contributed by atoms with Crippen molar-refractivity contribution in [3.63, 3.8) is 0 Å². The maximum Gasteiger partial charge on any atom is 0.196 e. The lowest BCUT2D eigenvalue weighted by atomic mass is 10.1. The van der Waals surface area contributed by atoms with Gasteiger partial charge in [0.2, 0.25) is 0 Å². The monoisotopic (exact) mass is 241 g/mol. The maximum absolute atomic E-state index is 10.9. The van der Waals surface area contributed by atoms with E-state index in [9.17, 15) is 4.79 Å². The fraction of sp³-hybridized carbons (Fsp3) is 0.357. The van der Waals surface area contributed by atoms with Gasteiger partial charge in [-0.15, -0.1) is 10.2 Å². The van der Waals surface area contributed by atoms with E-state index in [1.807, 2.05) is 11.5 Å².